The van der Waals surface area contributed by atoms with Crippen LogP contribution in [-0.4, -0.2) is 29.0 Å². The fourth-order valence-corrected chi connectivity index (χ4v) is 3.44. The van der Waals surface area contributed by atoms with Crippen LogP contribution in [0.1, 0.15) is 37.0 Å². The van der Waals surface area contributed by atoms with Crippen molar-refractivity contribution < 1.29 is 19.1 Å². The summed E-state index contributed by atoms with van der Waals surface area (Å²) in [5.41, 5.74) is 1.10. The molecular weight excluding hydrogens is 346 g/mol. The molecule has 2 aliphatic heterocycles. The molecule has 2 aliphatic rings. The molecule has 2 aromatic rings. The Kier molecular flexibility index (Phi) is 4.31. The van der Waals surface area contributed by atoms with Gasteiger partial charge >= 0.3 is 0 Å². The fraction of sp³-hybridized carbons (Fsp3) is 0.350. The van der Waals surface area contributed by atoms with Crippen molar-refractivity contribution in [2.75, 3.05) is 17.2 Å². The van der Waals surface area contributed by atoms with E-state index in [0.717, 1.165) is 0 Å². The highest BCUT2D eigenvalue weighted by molar-refractivity contribution is 6.08. The van der Waals surface area contributed by atoms with E-state index in [0.29, 0.717) is 48.0 Å². The zero-order valence-corrected chi connectivity index (χ0v) is 15.2. The quantitative estimate of drug-likeness (QED) is 0.847. The molecule has 7 nitrogen and oxygen atoms in total. The minimum absolute atomic E-state index is 0.0637. The fourth-order valence-electron chi connectivity index (χ4n) is 3.44. The van der Waals surface area contributed by atoms with Crippen molar-refractivity contribution in [2.24, 2.45) is 5.92 Å². The van der Waals surface area contributed by atoms with Crippen LogP contribution in [0.15, 0.2) is 36.5 Å². The number of carbonyl (C=O) groups is 2. The van der Waals surface area contributed by atoms with Gasteiger partial charge in [-0.25, -0.2) is 4.98 Å². The van der Waals surface area contributed by atoms with Crippen LogP contribution in [0.5, 0.6) is 11.6 Å². The summed E-state index contributed by atoms with van der Waals surface area (Å²) in [7, 11) is 0. The summed E-state index contributed by atoms with van der Waals surface area (Å²) in [4.78, 5) is 29.3. The lowest BCUT2D eigenvalue weighted by Gasteiger charge is -2.34. The van der Waals surface area contributed by atoms with E-state index >= 15 is 0 Å². The van der Waals surface area contributed by atoms with Gasteiger partial charge in [0, 0.05) is 24.4 Å². The van der Waals surface area contributed by atoms with Crippen LogP contribution in [0.25, 0.3) is 0 Å². The zero-order valence-electron chi connectivity index (χ0n) is 15.2. The number of hydrogen-bond donors (Lipinski definition) is 2. The van der Waals surface area contributed by atoms with Crippen molar-refractivity contribution >= 4 is 23.2 Å². The number of fused-ring (bicyclic) bond motifs is 2. The smallest absolute Gasteiger partial charge is 0.259 e. The molecule has 27 heavy (non-hydrogen) atoms. The van der Waals surface area contributed by atoms with Crippen molar-refractivity contribution in [3.8, 4) is 11.6 Å². The molecule has 1 fully saturated rings. The average molecular weight is 367 g/mol. The van der Waals surface area contributed by atoms with Gasteiger partial charge in [0.2, 0.25) is 11.8 Å². The number of ether oxygens (including phenoxy) is 2. The highest BCUT2D eigenvalue weighted by Crippen LogP contribution is 2.35. The number of pyridine rings is 1. The second-order valence-electron chi connectivity index (χ2n) is 7.41. The van der Waals surface area contributed by atoms with Crippen molar-refractivity contribution in [3.63, 3.8) is 0 Å². The Labute approximate surface area is 157 Å². The van der Waals surface area contributed by atoms with Crippen molar-refractivity contribution in [1.29, 1.82) is 0 Å². The molecule has 1 aromatic heterocycles. The number of nitrogens with zero attached hydrogens (tertiary/aromatic N) is 1. The average Bonchev–Trinajstić information content (AvgIpc) is 2.77. The molecule has 140 valence electrons. The second kappa shape index (κ2) is 6.66. The molecule has 2 N–H and O–H groups in total. The summed E-state index contributed by atoms with van der Waals surface area (Å²) in [5.74, 6) is 0.248. The lowest BCUT2D eigenvalue weighted by Crippen LogP contribution is -2.39. The number of nitrogens with one attached hydrogen (secondary N) is 2. The Morgan fingerprint density at radius 2 is 2.19 bits per heavy atom. The summed E-state index contributed by atoms with van der Waals surface area (Å²) in [5, 5.41) is 5.69. The first kappa shape index (κ1) is 17.5. The van der Waals surface area contributed by atoms with Gasteiger partial charge in [0.15, 0.2) is 0 Å². The number of amides is 2. The Hall–Kier alpha value is -2.93. The maximum Gasteiger partial charge on any atom is 0.259 e. The predicted octanol–water partition coefficient (Wildman–Crippen LogP) is 3.58. The Bertz CT molecular complexity index is 910. The van der Waals surface area contributed by atoms with Crippen LogP contribution >= 0.6 is 0 Å². The monoisotopic (exact) mass is 367 g/mol. The number of rotatable bonds is 2. The third kappa shape index (κ3) is 3.64. The Balaban J connectivity index is 1.54. The van der Waals surface area contributed by atoms with E-state index in [2.05, 4.69) is 15.6 Å². The van der Waals surface area contributed by atoms with E-state index in [1.807, 2.05) is 13.8 Å². The lowest BCUT2D eigenvalue weighted by molar-refractivity contribution is -0.130. The molecule has 3 heterocycles. The van der Waals surface area contributed by atoms with Gasteiger partial charge in [0.25, 0.3) is 5.91 Å². The maximum atomic E-state index is 12.6. The molecule has 1 aromatic carbocycles. The molecule has 2 amide bonds. The summed E-state index contributed by atoms with van der Waals surface area (Å²) in [6.07, 6.45) is 2.94. The molecule has 0 bridgehead atoms. The maximum absolute atomic E-state index is 12.6. The van der Waals surface area contributed by atoms with Crippen LogP contribution in [0.4, 0.5) is 11.4 Å². The van der Waals surface area contributed by atoms with Gasteiger partial charge in [-0.3, -0.25) is 9.59 Å². The van der Waals surface area contributed by atoms with E-state index < -0.39 is 0 Å². The minimum Gasteiger partial charge on any atom is -0.436 e. The van der Waals surface area contributed by atoms with E-state index in [1.54, 1.807) is 36.5 Å². The Morgan fingerprint density at radius 3 is 3.00 bits per heavy atom. The number of anilines is 2. The predicted molar refractivity (Wildman–Crippen MR) is 100 cm³/mol. The summed E-state index contributed by atoms with van der Waals surface area (Å²) < 4.78 is 11.4. The number of benzene rings is 1. The normalized spacial score (nSPS) is 20.4. The molecule has 0 spiro atoms. The molecule has 1 saturated heterocycles. The molecule has 0 radical (unpaired) electrons. The van der Waals surface area contributed by atoms with Crippen LogP contribution in [0, 0.1) is 5.92 Å². The van der Waals surface area contributed by atoms with E-state index in [4.69, 9.17) is 9.47 Å². The molecular formula is C20H21N3O4. The standard InChI is InChI=1S/C20H21N3O4/c1-20(2)11-12(7-9-26-20)17(24)22-13-5-6-16-14(10-13)18(25)23-15-4-3-8-21-19(15)27-16/h3-6,8,10,12H,7,9,11H2,1-2H3,(H,22,24)(H,23,25)/t12-/m0/s1. The van der Waals surface area contributed by atoms with Gasteiger partial charge in [-0.1, -0.05) is 0 Å². The van der Waals surface area contributed by atoms with Crippen LogP contribution in [0.2, 0.25) is 0 Å². The van der Waals surface area contributed by atoms with Gasteiger partial charge in [0.05, 0.1) is 11.2 Å². The van der Waals surface area contributed by atoms with Gasteiger partial charge in [-0.05, 0) is 57.0 Å². The van der Waals surface area contributed by atoms with Crippen LogP contribution in [0.3, 0.4) is 0 Å². The molecule has 4 rings (SSSR count). The minimum atomic E-state index is -0.306. The molecule has 1 atom stereocenters. The zero-order chi connectivity index (χ0) is 19.0. The van der Waals surface area contributed by atoms with E-state index in [9.17, 15) is 9.59 Å². The molecule has 0 saturated carbocycles. The largest absolute Gasteiger partial charge is 0.436 e. The third-order valence-electron chi connectivity index (χ3n) is 4.79. The van der Waals surface area contributed by atoms with Gasteiger partial charge in [-0.2, -0.15) is 0 Å². The highest BCUT2D eigenvalue weighted by atomic mass is 16.5. The summed E-state index contributed by atoms with van der Waals surface area (Å²) in [6.45, 7) is 4.54. The van der Waals surface area contributed by atoms with Crippen molar-refractivity contribution in [2.45, 2.75) is 32.3 Å². The highest BCUT2D eigenvalue weighted by Gasteiger charge is 2.33. The summed E-state index contributed by atoms with van der Waals surface area (Å²) in [6, 6.07) is 8.46. The van der Waals surface area contributed by atoms with Crippen LogP contribution in [-0.2, 0) is 9.53 Å². The Morgan fingerprint density at radius 1 is 1.33 bits per heavy atom. The third-order valence-corrected chi connectivity index (χ3v) is 4.79. The topological polar surface area (TPSA) is 89.6 Å². The van der Waals surface area contributed by atoms with Gasteiger partial charge in [-0.15, -0.1) is 0 Å². The molecule has 7 heteroatoms. The number of hydrogen-bond acceptors (Lipinski definition) is 5. The SMILES string of the molecule is CC1(C)C[C@@H](C(=O)Nc2ccc3c(c2)C(=O)Nc2cccnc2O3)CCO1. The van der Waals surface area contributed by atoms with Gasteiger partial charge in [0.1, 0.15) is 11.4 Å². The number of carbonyl (C=O) groups excluding carboxylic acids is 2. The number of aromatic nitrogens is 1. The van der Waals surface area contributed by atoms with Crippen molar-refractivity contribution in [1.82, 2.24) is 4.98 Å². The first-order valence-electron chi connectivity index (χ1n) is 8.94. The van der Waals surface area contributed by atoms with E-state index in [1.165, 1.54) is 0 Å². The first-order chi connectivity index (χ1) is 12.9. The van der Waals surface area contributed by atoms with Gasteiger partial charge < -0.3 is 20.1 Å². The first-order valence-corrected chi connectivity index (χ1v) is 8.94. The van der Waals surface area contributed by atoms with Crippen molar-refractivity contribution in [3.05, 3.63) is 42.1 Å². The molecule has 0 aliphatic carbocycles. The lowest BCUT2D eigenvalue weighted by atomic mass is 9.88. The summed E-state index contributed by atoms with van der Waals surface area (Å²) >= 11 is 0. The van der Waals surface area contributed by atoms with Crippen LogP contribution < -0.4 is 15.4 Å². The second-order valence-corrected chi connectivity index (χ2v) is 7.41. The van der Waals surface area contributed by atoms with E-state index in [-0.39, 0.29) is 23.3 Å². The molecule has 0 unspecified atom stereocenters.